The van der Waals surface area contributed by atoms with E-state index in [1.165, 1.54) is 60.7 Å². The molecule has 0 saturated carbocycles. The third-order valence-corrected chi connectivity index (χ3v) is 11.2. The highest BCUT2D eigenvalue weighted by Crippen LogP contribution is 2.47. The number of fused-ring (bicyclic) bond motifs is 2. The van der Waals surface area contributed by atoms with E-state index in [9.17, 15) is 36.7 Å². The summed E-state index contributed by atoms with van der Waals surface area (Å²) in [6.45, 7) is 3.89. The van der Waals surface area contributed by atoms with Gasteiger partial charge in [-0.3, -0.25) is 4.79 Å². The van der Waals surface area contributed by atoms with Gasteiger partial charge in [0.1, 0.15) is 20.8 Å². The minimum absolute atomic E-state index is 0.00134. The second-order valence-corrected chi connectivity index (χ2v) is 14.5. The van der Waals surface area contributed by atoms with Crippen molar-refractivity contribution >= 4 is 53.1 Å². The molecule has 1 atom stereocenters. The number of carbonyl (C=O) groups excluding carboxylic acids is 1. The molecule has 0 heterocycles. The average molecular weight is 707 g/mol. The van der Waals surface area contributed by atoms with Crippen LogP contribution in [0.5, 0.6) is 11.5 Å². The third kappa shape index (κ3) is 5.64. The van der Waals surface area contributed by atoms with E-state index in [-0.39, 0.29) is 49.4 Å². The lowest BCUT2D eigenvalue weighted by molar-refractivity contribution is -0.264. The standard InChI is InChI=1S/C36H26N4O8S2/c1-3-36(2,22-14-12-21(13-15-22)31-32(40-38)34(42)27-10-6-7-11-28(27)35(31)49(43,44)45)23-16-18-24(19-17-23)48-50(46,47)30-20-29(39-37)33(41)26-9-5-4-8-25(26)30/h4-20,37H,3H2,1-2H3. The molecule has 0 aliphatic heterocycles. The number of nitrogens with zero attached hydrogens (tertiary/aromatic N) is 3. The van der Waals surface area contributed by atoms with Crippen LogP contribution in [0.1, 0.15) is 47.3 Å². The SMILES string of the molecule is CCC(C)(c1ccc(OS(=O)(=O)C2=CC(=[N+]=N)C(=O)c3ccccc32)cc1)c1ccc(-c2c([N+]#N)c([O-])c3ccccc3c2S(=O)(=O)[O-])cc1. The van der Waals surface area contributed by atoms with Crippen LogP contribution in [0.4, 0.5) is 5.69 Å². The van der Waals surface area contributed by atoms with Crippen molar-refractivity contribution in [3.63, 3.8) is 0 Å². The number of nitrogens with one attached hydrogen (secondary N) is 1. The summed E-state index contributed by atoms with van der Waals surface area (Å²) in [5.41, 5.74) is 7.38. The first-order chi connectivity index (χ1) is 23.7. The molecule has 1 N–H and O–H groups in total. The summed E-state index contributed by atoms with van der Waals surface area (Å²) in [6.07, 6.45) is 1.58. The molecule has 1 aliphatic rings. The van der Waals surface area contributed by atoms with Crippen molar-refractivity contribution in [2.75, 3.05) is 0 Å². The van der Waals surface area contributed by atoms with Crippen LogP contribution in [-0.4, -0.2) is 37.7 Å². The molecule has 0 fully saturated rings. The Balaban J connectivity index is 1.35. The van der Waals surface area contributed by atoms with E-state index in [0.717, 1.165) is 17.2 Å². The van der Waals surface area contributed by atoms with E-state index < -0.39 is 47.8 Å². The molecule has 1 aliphatic carbocycles. The second kappa shape index (κ2) is 12.5. The molecular weight excluding hydrogens is 681 g/mol. The van der Waals surface area contributed by atoms with E-state index in [4.69, 9.17) is 9.71 Å². The molecule has 0 aromatic heterocycles. The number of rotatable bonds is 8. The first-order valence-corrected chi connectivity index (χ1v) is 17.9. The minimum atomic E-state index is -5.14. The van der Waals surface area contributed by atoms with Crippen LogP contribution >= 0.6 is 0 Å². The predicted octanol–water partition coefficient (Wildman–Crippen LogP) is 6.31. The van der Waals surface area contributed by atoms with Crippen LogP contribution in [-0.2, 0) is 25.7 Å². The Kier molecular flexibility index (Phi) is 8.47. The number of benzene rings is 5. The normalized spacial score (nSPS) is 14.2. The zero-order valence-electron chi connectivity index (χ0n) is 26.4. The number of ketones is 1. The van der Waals surface area contributed by atoms with Gasteiger partial charge in [-0.1, -0.05) is 98.8 Å². The Bertz CT molecular complexity index is 2590. The first-order valence-electron chi connectivity index (χ1n) is 15.1. The Morgan fingerprint density at radius 3 is 1.96 bits per heavy atom. The van der Waals surface area contributed by atoms with Crippen molar-refractivity contribution < 1.29 is 40.3 Å². The van der Waals surface area contributed by atoms with Crippen molar-refractivity contribution in [2.24, 2.45) is 0 Å². The maximum Gasteiger partial charge on any atom is 0.413 e. The number of hydrogen-bond acceptors (Lipinski definition) is 10. The average Bonchev–Trinajstić information content (AvgIpc) is 3.11. The Labute approximate surface area is 287 Å². The minimum Gasteiger partial charge on any atom is -0.867 e. The summed E-state index contributed by atoms with van der Waals surface area (Å²) in [4.78, 5) is 17.9. The van der Waals surface area contributed by atoms with Crippen molar-refractivity contribution in [2.45, 2.75) is 30.6 Å². The van der Waals surface area contributed by atoms with Crippen LogP contribution in [0.25, 0.3) is 31.8 Å². The van der Waals surface area contributed by atoms with E-state index in [0.29, 0.717) is 6.42 Å². The second-order valence-electron chi connectivity index (χ2n) is 11.7. The predicted molar refractivity (Wildman–Crippen MR) is 181 cm³/mol. The Hall–Kier alpha value is -5.97. The smallest absolute Gasteiger partial charge is 0.413 e. The van der Waals surface area contributed by atoms with Gasteiger partial charge in [-0.15, -0.1) is 0 Å². The number of hydrogen-bond donors (Lipinski definition) is 1. The van der Waals surface area contributed by atoms with E-state index in [1.807, 2.05) is 13.8 Å². The summed E-state index contributed by atoms with van der Waals surface area (Å²) in [6, 6.07) is 24.6. The molecule has 250 valence electrons. The quantitative estimate of drug-likeness (QED) is 0.0629. The molecule has 14 heteroatoms. The highest BCUT2D eigenvalue weighted by Gasteiger charge is 2.38. The van der Waals surface area contributed by atoms with Crippen molar-refractivity contribution in [1.29, 1.82) is 10.9 Å². The van der Waals surface area contributed by atoms with Gasteiger partial charge < -0.3 is 13.8 Å². The summed E-state index contributed by atoms with van der Waals surface area (Å²) in [7, 11) is -9.60. The van der Waals surface area contributed by atoms with Gasteiger partial charge in [0, 0.05) is 16.5 Å². The van der Waals surface area contributed by atoms with Gasteiger partial charge in [-0.05, 0) is 51.8 Å². The van der Waals surface area contributed by atoms with Gasteiger partial charge in [0.25, 0.3) is 5.78 Å². The maximum atomic E-state index is 13.4. The van der Waals surface area contributed by atoms with Crippen LogP contribution in [0.2, 0.25) is 0 Å². The fourth-order valence-electron chi connectivity index (χ4n) is 6.21. The number of carbonyl (C=O) groups is 1. The molecule has 0 bridgehead atoms. The van der Waals surface area contributed by atoms with E-state index in [1.54, 1.807) is 36.4 Å². The number of allylic oxidation sites excluding steroid dienone is 1. The van der Waals surface area contributed by atoms with Crippen molar-refractivity contribution in [3.8, 4) is 22.6 Å². The maximum absolute atomic E-state index is 13.4. The molecule has 50 heavy (non-hydrogen) atoms. The molecular formula is C36H26N4O8S2. The lowest BCUT2D eigenvalue weighted by Gasteiger charge is -2.30. The van der Waals surface area contributed by atoms with Gasteiger partial charge in [0.2, 0.25) is 5.39 Å². The molecule has 0 radical (unpaired) electrons. The summed E-state index contributed by atoms with van der Waals surface area (Å²) >= 11 is 0. The monoisotopic (exact) mass is 706 g/mol. The molecule has 5 aromatic carbocycles. The molecule has 0 saturated heterocycles. The molecule has 6 rings (SSSR count). The molecule has 5 aromatic rings. The fraction of sp³-hybridized carbons (Fsp3) is 0.111. The molecule has 12 nitrogen and oxygen atoms in total. The Morgan fingerprint density at radius 2 is 1.40 bits per heavy atom. The van der Waals surface area contributed by atoms with Gasteiger partial charge in [-0.2, -0.15) is 8.42 Å². The summed E-state index contributed by atoms with van der Waals surface area (Å²) in [5, 5.41) is 22.8. The summed E-state index contributed by atoms with van der Waals surface area (Å²) < 4.78 is 69.8. The first kappa shape index (κ1) is 33.9. The zero-order chi connectivity index (χ0) is 36.0. The molecule has 1 unspecified atom stereocenters. The number of Topliss-reactive ketones (excluding diaryl/α,β-unsaturated/α-hetero) is 1. The topological polar surface area (TPSA) is 207 Å². The third-order valence-electron chi connectivity index (χ3n) is 8.99. The van der Waals surface area contributed by atoms with E-state index >= 15 is 0 Å². The number of diazo groups is 1. The zero-order valence-corrected chi connectivity index (χ0v) is 28.1. The largest absolute Gasteiger partial charge is 0.867 e. The highest BCUT2D eigenvalue weighted by atomic mass is 32.2. The highest BCUT2D eigenvalue weighted by molar-refractivity contribution is 7.96. The van der Waals surface area contributed by atoms with Gasteiger partial charge in [0.15, 0.2) is 4.98 Å². The Morgan fingerprint density at radius 1 is 0.840 bits per heavy atom. The molecule has 0 spiro atoms. The fourth-order valence-corrected chi connectivity index (χ4v) is 8.28. The van der Waals surface area contributed by atoms with Crippen LogP contribution < -0.4 is 9.29 Å². The molecule has 0 amide bonds. The lowest BCUT2D eigenvalue weighted by Crippen LogP contribution is -2.24. The van der Waals surface area contributed by atoms with Gasteiger partial charge in [0.05, 0.1) is 26.9 Å². The van der Waals surface area contributed by atoms with Crippen LogP contribution in [0.3, 0.4) is 0 Å². The van der Waals surface area contributed by atoms with Crippen molar-refractivity contribution in [1.82, 2.24) is 0 Å². The lowest BCUT2D eigenvalue weighted by atomic mass is 9.74. The van der Waals surface area contributed by atoms with Crippen LogP contribution in [0, 0.1) is 10.9 Å². The van der Waals surface area contributed by atoms with Gasteiger partial charge in [-0.25, -0.2) is 8.42 Å². The van der Waals surface area contributed by atoms with Gasteiger partial charge >= 0.3 is 21.5 Å². The van der Waals surface area contributed by atoms with Crippen molar-refractivity contribution in [3.05, 3.63) is 130 Å². The van der Waals surface area contributed by atoms with E-state index in [2.05, 4.69) is 9.77 Å². The summed E-state index contributed by atoms with van der Waals surface area (Å²) in [5.74, 6) is -1.31. The van der Waals surface area contributed by atoms with Crippen LogP contribution in [0.15, 0.2) is 108 Å².